The summed E-state index contributed by atoms with van der Waals surface area (Å²) >= 11 is 0. The summed E-state index contributed by atoms with van der Waals surface area (Å²) in [5.41, 5.74) is 2.37. The highest BCUT2D eigenvalue weighted by atomic mass is 14.9. The van der Waals surface area contributed by atoms with Gasteiger partial charge in [0.15, 0.2) is 0 Å². The van der Waals surface area contributed by atoms with Gasteiger partial charge in [-0.25, -0.2) is 0 Å². The van der Waals surface area contributed by atoms with E-state index in [1.54, 1.807) is 0 Å². The monoisotopic (exact) mass is 162 g/mol. The number of hydrogen-bond donors (Lipinski definition) is 1. The molecule has 2 rings (SSSR count). The van der Waals surface area contributed by atoms with E-state index in [0.717, 1.165) is 18.8 Å². The van der Waals surface area contributed by atoms with E-state index in [9.17, 15) is 0 Å². The van der Waals surface area contributed by atoms with E-state index in [1.165, 1.54) is 12.1 Å². The molecule has 0 radical (unpaired) electrons. The van der Waals surface area contributed by atoms with E-state index in [4.69, 9.17) is 0 Å². The van der Waals surface area contributed by atoms with Crippen LogP contribution in [0.25, 0.3) is 0 Å². The fourth-order valence-electron chi connectivity index (χ4n) is 1.70. The van der Waals surface area contributed by atoms with Crippen LogP contribution in [0.3, 0.4) is 0 Å². The summed E-state index contributed by atoms with van der Waals surface area (Å²) in [6.07, 6.45) is 1.23. The van der Waals surface area contributed by atoms with Gasteiger partial charge in [-0.05, 0) is 32.0 Å². The van der Waals surface area contributed by atoms with E-state index in [-0.39, 0.29) is 0 Å². The van der Waals surface area contributed by atoms with Crippen molar-refractivity contribution in [1.29, 1.82) is 0 Å². The van der Waals surface area contributed by atoms with Gasteiger partial charge in [0.25, 0.3) is 0 Å². The zero-order valence-electron chi connectivity index (χ0n) is 7.38. The molecule has 1 atom stereocenters. The Morgan fingerprint density at radius 2 is 2.42 bits per heavy atom. The summed E-state index contributed by atoms with van der Waals surface area (Å²) in [7, 11) is 0. The van der Waals surface area contributed by atoms with Gasteiger partial charge in [0.05, 0.1) is 0 Å². The van der Waals surface area contributed by atoms with Crippen LogP contribution in [0.4, 0.5) is 0 Å². The predicted molar refractivity (Wildman–Crippen MR) is 49.2 cm³/mol. The van der Waals surface area contributed by atoms with Crippen molar-refractivity contribution in [2.24, 2.45) is 0 Å². The maximum absolute atomic E-state index is 4.52. The standard InChI is InChI=1S/C10H14N2/c1-8-3-2-4-10(12-8)9-5-6-11-7-9/h2-4,9,11H,5-7H2,1H3/t9-/m0/s1. The van der Waals surface area contributed by atoms with Gasteiger partial charge in [-0.1, -0.05) is 6.07 Å². The van der Waals surface area contributed by atoms with Gasteiger partial charge in [-0.3, -0.25) is 4.98 Å². The second-order valence-corrected chi connectivity index (χ2v) is 3.39. The van der Waals surface area contributed by atoms with Crippen molar-refractivity contribution in [2.75, 3.05) is 13.1 Å². The molecule has 0 aromatic carbocycles. The molecule has 0 bridgehead atoms. The first-order chi connectivity index (χ1) is 5.86. The summed E-state index contributed by atoms with van der Waals surface area (Å²) in [6.45, 7) is 4.28. The van der Waals surface area contributed by atoms with Crippen LogP contribution in [0, 0.1) is 6.92 Å². The first kappa shape index (κ1) is 7.74. The molecule has 64 valence electrons. The van der Waals surface area contributed by atoms with E-state index >= 15 is 0 Å². The summed E-state index contributed by atoms with van der Waals surface area (Å²) in [5, 5.41) is 3.35. The van der Waals surface area contributed by atoms with Crippen LogP contribution in [-0.4, -0.2) is 18.1 Å². The minimum absolute atomic E-state index is 0.643. The number of aryl methyl sites for hydroxylation is 1. The van der Waals surface area contributed by atoms with Crippen molar-refractivity contribution >= 4 is 0 Å². The minimum Gasteiger partial charge on any atom is -0.316 e. The van der Waals surface area contributed by atoms with E-state index in [1.807, 2.05) is 13.0 Å². The lowest BCUT2D eigenvalue weighted by Gasteiger charge is -2.07. The largest absolute Gasteiger partial charge is 0.316 e. The highest BCUT2D eigenvalue weighted by Crippen LogP contribution is 2.19. The van der Waals surface area contributed by atoms with Crippen LogP contribution >= 0.6 is 0 Å². The Hall–Kier alpha value is -0.890. The molecule has 1 aliphatic heterocycles. The number of pyridine rings is 1. The molecule has 0 spiro atoms. The maximum Gasteiger partial charge on any atom is 0.0450 e. The van der Waals surface area contributed by atoms with Gasteiger partial charge >= 0.3 is 0 Å². The Kier molecular flexibility index (Phi) is 2.09. The summed E-state index contributed by atoms with van der Waals surface area (Å²) in [6, 6.07) is 6.27. The highest BCUT2D eigenvalue weighted by molar-refractivity contribution is 5.15. The van der Waals surface area contributed by atoms with Gasteiger partial charge < -0.3 is 5.32 Å². The Bertz CT molecular complexity index is 264. The van der Waals surface area contributed by atoms with Crippen LogP contribution in [0.15, 0.2) is 18.2 Å². The molecule has 1 fully saturated rings. The van der Waals surface area contributed by atoms with Crippen LogP contribution in [0.5, 0.6) is 0 Å². The highest BCUT2D eigenvalue weighted by Gasteiger charge is 2.17. The average molecular weight is 162 g/mol. The molecule has 1 aromatic heterocycles. The normalized spacial score (nSPS) is 22.9. The Balaban J connectivity index is 2.21. The van der Waals surface area contributed by atoms with Crippen molar-refractivity contribution in [1.82, 2.24) is 10.3 Å². The Morgan fingerprint density at radius 3 is 3.08 bits per heavy atom. The molecule has 1 aliphatic rings. The predicted octanol–water partition coefficient (Wildman–Crippen LogP) is 1.47. The van der Waals surface area contributed by atoms with Gasteiger partial charge in [0, 0.05) is 23.9 Å². The topological polar surface area (TPSA) is 24.9 Å². The molecule has 1 N–H and O–H groups in total. The van der Waals surface area contributed by atoms with Crippen LogP contribution in [0.2, 0.25) is 0 Å². The van der Waals surface area contributed by atoms with Crippen molar-refractivity contribution < 1.29 is 0 Å². The Morgan fingerprint density at radius 1 is 1.50 bits per heavy atom. The van der Waals surface area contributed by atoms with Gasteiger partial charge in [0.2, 0.25) is 0 Å². The molecule has 0 unspecified atom stereocenters. The summed E-state index contributed by atoms with van der Waals surface area (Å²) < 4.78 is 0. The SMILES string of the molecule is Cc1cccc([C@H]2CCNC2)n1. The lowest BCUT2D eigenvalue weighted by atomic mass is 10.0. The molecule has 2 nitrogen and oxygen atoms in total. The third kappa shape index (κ3) is 1.48. The Labute approximate surface area is 73.0 Å². The first-order valence-electron chi connectivity index (χ1n) is 4.50. The third-order valence-electron chi connectivity index (χ3n) is 2.39. The van der Waals surface area contributed by atoms with Crippen molar-refractivity contribution in [3.8, 4) is 0 Å². The molecule has 0 aliphatic carbocycles. The van der Waals surface area contributed by atoms with Gasteiger partial charge in [-0.2, -0.15) is 0 Å². The molecule has 0 amide bonds. The fraction of sp³-hybridized carbons (Fsp3) is 0.500. The van der Waals surface area contributed by atoms with Crippen molar-refractivity contribution in [2.45, 2.75) is 19.3 Å². The molecular weight excluding hydrogens is 148 g/mol. The molecule has 1 saturated heterocycles. The van der Waals surface area contributed by atoms with Gasteiger partial charge in [-0.15, -0.1) is 0 Å². The number of hydrogen-bond acceptors (Lipinski definition) is 2. The molecule has 0 saturated carbocycles. The lowest BCUT2D eigenvalue weighted by molar-refractivity contribution is 0.731. The van der Waals surface area contributed by atoms with E-state index in [2.05, 4.69) is 22.4 Å². The zero-order chi connectivity index (χ0) is 8.39. The van der Waals surface area contributed by atoms with Crippen LogP contribution in [0.1, 0.15) is 23.7 Å². The van der Waals surface area contributed by atoms with Crippen LogP contribution in [-0.2, 0) is 0 Å². The first-order valence-corrected chi connectivity index (χ1v) is 4.50. The number of nitrogens with zero attached hydrogens (tertiary/aromatic N) is 1. The van der Waals surface area contributed by atoms with Crippen LogP contribution < -0.4 is 5.32 Å². The summed E-state index contributed by atoms with van der Waals surface area (Å²) in [4.78, 5) is 4.52. The minimum atomic E-state index is 0.643. The fourth-order valence-corrected chi connectivity index (χ4v) is 1.70. The van der Waals surface area contributed by atoms with Gasteiger partial charge in [0.1, 0.15) is 0 Å². The molecule has 2 heteroatoms. The maximum atomic E-state index is 4.52. The van der Waals surface area contributed by atoms with E-state index in [0.29, 0.717) is 5.92 Å². The lowest BCUT2D eigenvalue weighted by Crippen LogP contribution is -2.09. The average Bonchev–Trinajstić information content (AvgIpc) is 2.56. The number of aromatic nitrogens is 1. The third-order valence-corrected chi connectivity index (χ3v) is 2.39. The molecular formula is C10H14N2. The molecule has 1 aromatic rings. The number of nitrogens with one attached hydrogen (secondary N) is 1. The van der Waals surface area contributed by atoms with Crippen molar-refractivity contribution in [3.63, 3.8) is 0 Å². The molecule has 2 heterocycles. The quantitative estimate of drug-likeness (QED) is 0.676. The molecule has 12 heavy (non-hydrogen) atoms. The zero-order valence-corrected chi connectivity index (χ0v) is 7.38. The number of rotatable bonds is 1. The van der Waals surface area contributed by atoms with Crippen molar-refractivity contribution in [3.05, 3.63) is 29.6 Å². The smallest absolute Gasteiger partial charge is 0.0450 e. The second-order valence-electron chi connectivity index (χ2n) is 3.39. The summed E-state index contributed by atoms with van der Waals surface area (Å²) in [5.74, 6) is 0.643. The second kappa shape index (κ2) is 3.23. The van der Waals surface area contributed by atoms with E-state index < -0.39 is 0 Å².